The number of benzene rings is 1. The van der Waals surface area contributed by atoms with E-state index in [9.17, 15) is 14.0 Å². The molecule has 24 heavy (non-hydrogen) atoms. The van der Waals surface area contributed by atoms with Crippen molar-refractivity contribution in [2.45, 2.75) is 52.1 Å². The van der Waals surface area contributed by atoms with Crippen molar-refractivity contribution in [2.24, 2.45) is 5.92 Å². The van der Waals surface area contributed by atoms with E-state index in [1.807, 2.05) is 0 Å². The summed E-state index contributed by atoms with van der Waals surface area (Å²) in [6.07, 6.45) is 3.91. The number of rotatable bonds is 5. The van der Waals surface area contributed by atoms with E-state index in [4.69, 9.17) is 4.74 Å². The van der Waals surface area contributed by atoms with Crippen LogP contribution in [0.4, 0.5) is 4.39 Å². The van der Waals surface area contributed by atoms with Crippen LogP contribution >= 0.6 is 0 Å². The summed E-state index contributed by atoms with van der Waals surface area (Å²) in [6.45, 7) is 4.83. The zero-order chi connectivity index (χ0) is 17.5. The van der Waals surface area contributed by atoms with Gasteiger partial charge in [-0.1, -0.05) is 31.9 Å². The average Bonchev–Trinajstić information content (AvgIpc) is 2.83. The Labute approximate surface area is 143 Å². The van der Waals surface area contributed by atoms with Gasteiger partial charge in [-0.25, -0.2) is 4.39 Å². The monoisotopic (exact) mass is 335 g/mol. The fourth-order valence-electron chi connectivity index (χ4n) is 2.99. The highest BCUT2D eigenvalue weighted by Crippen LogP contribution is 2.15. The fourth-order valence-corrected chi connectivity index (χ4v) is 2.99. The molecule has 1 amide bonds. The van der Waals surface area contributed by atoms with Crippen LogP contribution in [-0.2, 0) is 20.7 Å². The minimum absolute atomic E-state index is 0.122. The summed E-state index contributed by atoms with van der Waals surface area (Å²) in [5, 5.41) is 0. The number of nitrogens with zero attached hydrogens (tertiary/aromatic N) is 1. The number of ether oxygens (including phenoxy) is 1. The van der Waals surface area contributed by atoms with Gasteiger partial charge in [-0.15, -0.1) is 0 Å². The van der Waals surface area contributed by atoms with Crippen molar-refractivity contribution in [1.29, 1.82) is 0 Å². The third-order valence-corrected chi connectivity index (χ3v) is 4.39. The summed E-state index contributed by atoms with van der Waals surface area (Å²) in [5.74, 6) is -1.29. The van der Waals surface area contributed by atoms with Crippen LogP contribution in [0.25, 0.3) is 0 Å². The third-order valence-electron chi connectivity index (χ3n) is 4.39. The molecular weight excluding hydrogens is 309 g/mol. The highest BCUT2D eigenvalue weighted by Gasteiger charge is 2.26. The first-order chi connectivity index (χ1) is 11.5. The van der Waals surface area contributed by atoms with Crippen LogP contribution in [0.3, 0.4) is 0 Å². The zero-order valence-electron chi connectivity index (χ0n) is 14.5. The van der Waals surface area contributed by atoms with E-state index in [1.165, 1.54) is 12.1 Å². The van der Waals surface area contributed by atoms with Gasteiger partial charge in [0.05, 0.1) is 5.92 Å². The van der Waals surface area contributed by atoms with Gasteiger partial charge in [0.25, 0.3) is 5.91 Å². The normalized spacial score (nSPS) is 17.7. The molecule has 0 radical (unpaired) electrons. The van der Waals surface area contributed by atoms with Gasteiger partial charge in [0.15, 0.2) is 6.10 Å². The van der Waals surface area contributed by atoms with E-state index in [0.29, 0.717) is 6.42 Å². The molecule has 132 valence electrons. The summed E-state index contributed by atoms with van der Waals surface area (Å²) in [4.78, 5) is 26.4. The molecule has 1 aromatic carbocycles. The number of carbonyl (C=O) groups is 2. The number of halogens is 1. The fraction of sp³-hybridized carbons (Fsp3) is 0.579. The van der Waals surface area contributed by atoms with E-state index in [-0.39, 0.29) is 11.7 Å². The molecule has 0 spiro atoms. The molecule has 1 aliphatic heterocycles. The topological polar surface area (TPSA) is 46.6 Å². The van der Waals surface area contributed by atoms with Crippen LogP contribution in [0.15, 0.2) is 24.3 Å². The predicted octanol–water partition coefficient (Wildman–Crippen LogP) is 3.34. The molecule has 2 atom stereocenters. The molecule has 5 heteroatoms. The molecule has 1 saturated heterocycles. The molecule has 1 aliphatic rings. The molecule has 1 aromatic rings. The smallest absolute Gasteiger partial charge is 0.309 e. The molecule has 1 fully saturated rings. The van der Waals surface area contributed by atoms with Crippen LogP contribution in [0.5, 0.6) is 0 Å². The largest absolute Gasteiger partial charge is 0.452 e. The minimum Gasteiger partial charge on any atom is -0.452 e. The predicted molar refractivity (Wildman–Crippen MR) is 89.9 cm³/mol. The molecule has 0 aliphatic carbocycles. The summed E-state index contributed by atoms with van der Waals surface area (Å²) in [5.41, 5.74) is 0.742. The van der Waals surface area contributed by atoms with Crippen LogP contribution in [0, 0.1) is 11.7 Å². The molecule has 0 aromatic heterocycles. The molecular formula is C19H26FNO3. The molecule has 0 bridgehead atoms. The Kier molecular flexibility index (Phi) is 6.76. The quantitative estimate of drug-likeness (QED) is 0.775. The number of hydrogen-bond acceptors (Lipinski definition) is 3. The van der Waals surface area contributed by atoms with E-state index < -0.39 is 18.0 Å². The van der Waals surface area contributed by atoms with Gasteiger partial charge in [0.2, 0.25) is 0 Å². The van der Waals surface area contributed by atoms with Crippen molar-refractivity contribution in [3.63, 3.8) is 0 Å². The Morgan fingerprint density at radius 2 is 1.83 bits per heavy atom. The SMILES string of the molecule is CC(Cc1cccc(F)c1)C(=O)OC(C)C(=O)N1CCCCCC1. The Hall–Kier alpha value is -1.91. The maximum Gasteiger partial charge on any atom is 0.309 e. The molecule has 4 nitrogen and oxygen atoms in total. The second-order valence-corrected chi connectivity index (χ2v) is 6.55. The van der Waals surface area contributed by atoms with Crippen LogP contribution in [0.2, 0.25) is 0 Å². The number of hydrogen-bond donors (Lipinski definition) is 0. The Balaban J connectivity index is 1.86. The Morgan fingerprint density at radius 3 is 2.46 bits per heavy atom. The van der Waals surface area contributed by atoms with Gasteiger partial charge in [0, 0.05) is 13.1 Å². The lowest BCUT2D eigenvalue weighted by atomic mass is 10.0. The lowest BCUT2D eigenvalue weighted by Crippen LogP contribution is -2.41. The summed E-state index contributed by atoms with van der Waals surface area (Å²) >= 11 is 0. The van der Waals surface area contributed by atoms with Crippen molar-refractivity contribution in [3.05, 3.63) is 35.6 Å². The van der Waals surface area contributed by atoms with Crippen molar-refractivity contribution in [2.75, 3.05) is 13.1 Å². The number of carbonyl (C=O) groups excluding carboxylic acids is 2. The zero-order valence-corrected chi connectivity index (χ0v) is 14.5. The average molecular weight is 335 g/mol. The summed E-state index contributed by atoms with van der Waals surface area (Å²) < 4.78 is 18.6. The molecule has 2 rings (SSSR count). The minimum atomic E-state index is -0.773. The first-order valence-electron chi connectivity index (χ1n) is 8.71. The first kappa shape index (κ1) is 18.4. The maximum atomic E-state index is 13.2. The second kappa shape index (κ2) is 8.81. The van der Waals surface area contributed by atoms with Crippen molar-refractivity contribution < 1.29 is 18.7 Å². The van der Waals surface area contributed by atoms with Gasteiger partial charge >= 0.3 is 5.97 Å². The Bertz CT molecular complexity index is 567. The highest BCUT2D eigenvalue weighted by atomic mass is 19.1. The van der Waals surface area contributed by atoms with Crippen molar-refractivity contribution in [1.82, 2.24) is 4.90 Å². The maximum absolute atomic E-state index is 13.2. The van der Waals surface area contributed by atoms with E-state index in [1.54, 1.807) is 30.9 Å². The van der Waals surface area contributed by atoms with Gasteiger partial charge in [-0.2, -0.15) is 0 Å². The second-order valence-electron chi connectivity index (χ2n) is 6.55. The van der Waals surface area contributed by atoms with E-state index in [0.717, 1.165) is 44.3 Å². The van der Waals surface area contributed by atoms with Crippen LogP contribution in [-0.4, -0.2) is 36.0 Å². The lowest BCUT2D eigenvalue weighted by Gasteiger charge is -2.24. The third kappa shape index (κ3) is 5.32. The van der Waals surface area contributed by atoms with Crippen molar-refractivity contribution in [3.8, 4) is 0 Å². The number of likely N-dealkylation sites (tertiary alicyclic amines) is 1. The number of amides is 1. The van der Waals surface area contributed by atoms with Gasteiger partial charge in [-0.05, 0) is 43.9 Å². The summed E-state index contributed by atoms with van der Waals surface area (Å²) in [7, 11) is 0. The summed E-state index contributed by atoms with van der Waals surface area (Å²) in [6, 6.07) is 6.18. The molecule has 0 saturated carbocycles. The molecule has 0 N–H and O–H groups in total. The van der Waals surface area contributed by atoms with Gasteiger partial charge in [0.1, 0.15) is 5.82 Å². The van der Waals surface area contributed by atoms with Crippen LogP contribution < -0.4 is 0 Å². The van der Waals surface area contributed by atoms with Crippen molar-refractivity contribution >= 4 is 11.9 Å². The standard InChI is InChI=1S/C19H26FNO3/c1-14(12-16-8-7-9-17(20)13-16)19(23)24-15(2)18(22)21-10-5-3-4-6-11-21/h7-9,13-15H,3-6,10-12H2,1-2H3. The van der Waals surface area contributed by atoms with E-state index >= 15 is 0 Å². The number of esters is 1. The van der Waals surface area contributed by atoms with Crippen LogP contribution in [0.1, 0.15) is 45.1 Å². The lowest BCUT2D eigenvalue weighted by molar-refractivity contribution is -0.162. The molecule has 1 heterocycles. The Morgan fingerprint density at radius 1 is 1.17 bits per heavy atom. The van der Waals surface area contributed by atoms with E-state index in [2.05, 4.69) is 0 Å². The van der Waals surface area contributed by atoms with Gasteiger partial charge < -0.3 is 9.64 Å². The van der Waals surface area contributed by atoms with Gasteiger partial charge in [-0.3, -0.25) is 9.59 Å². The highest BCUT2D eigenvalue weighted by molar-refractivity contribution is 5.84. The molecule has 2 unspecified atom stereocenters. The first-order valence-corrected chi connectivity index (χ1v) is 8.71.